The molecule has 2 aliphatic rings. The maximum Gasteiger partial charge on any atom is 0.309 e. The van der Waals surface area contributed by atoms with Crippen molar-refractivity contribution >= 4 is 5.97 Å². The molecule has 29 heavy (non-hydrogen) atoms. The van der Waals surface area contributed by atoms with Crippen molar-refractivity contribution in [2.75, 3.05) is 13.2 Å². The van der Waals surface area contributed by atoms with Crippen LogP contribution in [0.2, 0.25) is 0 Å². The molecule has 2 heterocycles. The first kappa shape index (κ1) is 24.3. The molecule has 0 amide bonds. The highest BCUT2D eigenvalue weighted by atomic mass is 16.8. The Labute approximate surface area is 167 Å². The summed E-state index contributed by atoms with van der Waals surface area (Å²) in [6, 6.07) is 0. The van der Waals surface area contributed by atoms with Crippen molar-refractivity contribution in [1.29, 1.82) is 0 Å². The molecule has 170 valence electrons. The standard InChI is InChI=1S/C17H30O12/c1-3-6(2)15(25)28-14-10(21)8(5-19)27-17(13(14)24)29-16-12(23)11(22)9(20)7(4-18)26-16/h6-14,16-24H,3-5H2,1-2H3/t6-,7+,8+,9+,10+,11-,12+,13+,14-,16+,17+/m0/s1. The van der Waals surface area contributed by atoms with Gasteiger partial charge in [0.1, 0.15) is 42.7 Å². The Kier molecular flexibility index (Phi) is 8.72. The fraction of sp³-hybridized carbons (Fsp3) is 0.941. The molecular weight excluding hydrogens is 396 g/mol. The van der Waals surface area contributed by atoms with Crippen molar-refractivity contribution in [2.45, 2.75) is 81.7 Å². The zero-order valence-corrected chi connectivity index (χ0v) is 16.1. The molecule has 12 heteroatoms. The molecule has 2 aliphatic heterocycles. The predicted octanol–water partition coefficient (Wildman–Crippen LogP) is -3.80. The smallest absolute Gasteiger partial charge is 0.309 e. The van der Waals surface area contributed by atoms with Gasteiger partial charge in [0.2, 0.25) is 0 Å². The van der Waals surface area contributed by atoms with Crippen molar-refractivity contribution in [3.05, 3.63) is 0 Å². The number of ether oxygens (including phenoxy) is 4. The number of rotatable bonds is 7. The third-order valence-corrected chi connectivity index (χ3v) is 5.21. The third-order valence-electron chi connectivity index (χ3n) is 5.21. The van der Waals surface area contributed by atoms with Crippen LogP contribution in [0, 0.1) is 5.92 Å². The van der Waals surface area contributed by atoms with Gasteiger partial charge in [-0.15, -0.1) is 0 Å². The summed E-state index contributed by atoms with van der Waals surface area (Å²) in [5, 5.41) is 69.2. The van der Waals surface area contributed by atoms with Gasteiger partial charge in [-0.05, 0) is 6.42 Å². The molecule has 0 aliphatic carbocycles. The highest BCUT2D eigenvalue weighted by molar-refractivity contribution is 5.72. The van der Waals surface area contributed by atoms with E-state index in [4.69, 9.17) is 18.9 Å². The summed E-state index contributed by atoms with van der Waals surface area (Å²) in [6.45, 7) is 1.97. The minimum Gasteiger partial charge on any atom is -0.456 e. The largest absolute Gasteiger partial charge is 0.456 e. The Balaban J connectivity index is 2.15. The quantitative estimate of drug-likeness (QED) is 0.196. The monoisotopic (exact) mass is 426 g/mol. The second kappa shape index (κ2) is 10.4. The van der Waals surface area contributed by atoms with Gasteiger partial charge in [-0.2, -0.15) is 0 Å². The molecule has 0 aromatic rings. The van der Waals surface area contributed by atoms with Crippen molar-refractivity contribution in [2.24, 2.45) is 5.92 Å². The van der Waals surface area contributed by atoms with E-state index < -0.39 is 86.5 Å². The maximum absolute atomic E-state index is 12.1. The van der Waals surface area contributed by atoms with E-state index >= 15 is 0 Å². The van der Waals surface area contributed by atoms with Gasteiger partial charge < -0.3 is 54.7 Å². The lowest BCUT2D eigenvalue weighted by Gasteiger charge is -2.45. The molecule has 0 aromatic carbocycles. The summed E-state index contributed by atoms with van der Waals surface area (Å²) < 4.78 is 21.0. The van der Waals surface area contributed by atoms with Gasteiger partial charge in [0.25, 0.3) is 0 Å². The van der Waals surface area contributed by atoms with Crippen LogP contribution in [0.25, 0.3) is 0 Å². The number of esters is 1. The minimum atomic E-state index is -1.76. The number of hydrogen-bond acceptors (Lipinski definition) is 12. The van der Waals surface area contributed by atoms with Crippen LogP contribution in [0.4, 0.5) is 0 Å². The molecular formula is C17H30O12. The minimum absolute atomic E-state index is 0.461. The van der Waals surface area contributed by atoms with E-state index in [-0.39, 0.29) is 0 Å². The van der Waals surface area contributed by atoms with Gasteiger partial charge in [0.05, 0.1) is 19.1 Å². The van der Waals surface area contributed by atoms with Gasteiger partial charge in [-0.1, -0.05) is 13.8 Å². The van der Waals surface area contributed by atoms with Crippen molar-refractivity contribution in [1.82, 2.24) is 0 Å². The van der Waals surface area contributed by atoms with Crippen molar-refractivity contribution in [3.63, 3.8) is 0 Å². The summed E-state index contributed by atoms with van der Waals surface area (Å²) in [7, 11) is 0. The van der Waals surface area contributed by atoms with Crippen LogP contribution in [-0.2, 0) is 23.7 Å². The van der Waals surface area contributed by atoms with Gasteiger partial charge in [-0.25, -0.2) is 0 Å². The van der Waals surface area contributed by atoms with Crippen molar-refractivity contribution < 1.29 is 59.5 Å². The molecule has 2 saturated heterocycles. The predicted molar refractivity (Wildman–Crippen MR) is 91.9 cm³/mol. The Bertz CT molecular complexity index is 531. The molecule has 2 fully saturated rings. The van der Waals surface area contributed by atoms with Gasteiger partial charge >= 0.3 is 5.97 Å². The third kappa shape index (κ3) is 5.22. The first-order valence-corrected chi connectivity index (χ1v) is 9.45. The van der Waals surface area contributed by atoms with Crippen molar-refractivity contribution in [3.8, 4) is 0 Å². The van der Waals surface area contributed by atoms with Gasteiger partial charge in [-0.3, -0.25) is 4.79 Å². The first-order valence-electron chi connectivity index (χ1n) is 9.45. The number of aliphatic hydroxyl groups excluding tert-OH is 7. The molecule has 0 saturated carbocycles. The molecule has 0 unspecified atom stereocenters. The summed E-state index contributed by atoms with van der Waals surface area (Å²) in [5.74, 6) is -1.18. The van der Waals surface area contributed by atoms with Crippen LogP contribution in [0.1, 0.15) is 20.3 Å². The highest BCUT2D eigenvalue weighted by Gasteiger charge is 2.51. The SMILES string of the molecule is CC[C@H](C)C(=O)O[C@@H]1[C@@H](O)[C@@H](O[C@H]2O[C@H](CO)[C@@H](O)[C@H](O)[C@H]2O)O[C@H](CO)[C@H]1O. The fourth-order valence-electron chi connectivity index (χ4n) is 3.03. The Morgan fingerprint density at radius 3 is 1.90 bits per heavy atom. The molecule has 2 rings (SSSR count). The van der Waals surface area contributed by atoms with E-state index in [0.29, 0.717) is 6.42 Å². The number of hydrogen-bond donors (Lipinski definition) is 7. The average molecular weight is 426 g/mol. The van der Waals surface area contributed by atoms with Crippen LogP contribution in [0.3, 0.4) is 0 Å². The summed E-state index contributed by atoms with van der Waals surface area (Å²) in [6.07, 6.45) is -15.2. The van der Waals surface area contributed by atoms with Crippen LogP contribution in [0.15, 0.2) is 0 Å². The maximum atomic E-state index is 12.1. The van der Waals surface area contributed by atoms with Crippen LogP contribution >= 0.6 is 0 Å². The zero-order chi connectivity index (χ0) is 21.9. The lowest BCUT2D eigenvalue weighted by atomic mass is 9.97. The Morgan fingerprint density at radius 2 is 1.38 bits per heavy atom. The summed E-state index contributed by atoms with van der Waals surface area (Å²) in [5.41, 5.74) is 0. The molecule has 7 N–H and O–H groups in total. The van der Waals surface area contributed by atoms with E-state index in [1.807, 2.05) is 0 Å². The summed E-state index contributed by atoms with van der Waals surface area (Å²) in [4.78, 5) is 12.1. The molecule has 11 atom stereocenters. The first-order chi connectivity index (χ1) is 13.7. The normalized spacial score (nSPS) is 44.3. The Morgan fingerprint density at radius 1 is 0.862 bits per heavy atom. The van der Waals surface area contributed by atoms with E-state index in [2.05, 4.69) is 0 Å². The molecule has 0 bridgehead atoms. The van der Waals surface area contributed by atoms with Gasteiger partial charge in [0.15, 0.2) is 18.7 Å². The second-order valence-corrected chi connectivity index (χ2v) is 7.25. The average Bonchev–Trinajstić information content (AvgIpc) is 2.72. The van der Waals surface area contributed by atoms with E-state index in [0.717, 1.165) is 0 Å². The second-order valence-electron chi connectivity index (χ2n) is 7.25. The fourth-order valence-corrected chi connectivity index (χ4v) is 3.03. The molecule has 0 radical (unpaired) electrons. The van der Waals surface area contributed by atoms with Crippen LogP contribution in [0.5, 0.6) is 0 Å². The van der Waals surface area contributed by atoms with Crippen LogP contribution in [-0.4, -0.2) is 116 Å². The zero-order valence-electron chi connectivity index (χ0n) is 16.1. The molecule has 0 spiro atoms. The molecule has 0 aromatic heterocycles. The lowest BCUT2D eigenvalue weighted by molar-refractivity contribution is -0.376. The summed E-state index contributed by atoms with van der Waals surface area (Å²) >= 11 is 0. The number of carbonyl (C=O) groups is 1. The van der Waals surface area contributed by atoms with Crippen LogP contribution < -0.4 is 0 Å². The number of carbonyl (C=O) groups excluding carboxylic acids is 1. The highest BCUT2D eigenvalue weighted by Crippen LogP contribution is 2.29. The Hall–Kier alpha value is -0.930. The van der Waals surface area contributed by atoms with E-state index in [9.17, 15) is 40.5 Å². The lowest BCUT2D eigenvalue weighted by Crippen LogP contribution is -2.64. The van der Waals surface area contributed by atoms with E-state index in [1.165, 1.54) is 0 Å². The number of aliphatic hydroxyl groups is 7. The van der Waals surface area contributed by atoms with E-state index in [1.54, 1.807) is 13.8 Å². The molecule has 12 nitrogen and oxygen atoms in total. The topological polar surface area (TPSA) is 196 Å². The van der Waals surface area contributed by atoms with Gasteiger partial charge in [0, 0.05) is 0 Å².